The van der Waals surface area contributed by atoms with Crippen LogP contribution in [0.2, 0.25) is 0 Å². The maximum absolute atomic E-state index is 12.7. The summed E-state index contributed by atoms with van der Waals surface area (Å²) in [6.07, 6.45) is -4.54. The highest BCUT2D eigenvalue weighted by atomic mass is 79.9. The molecule has 1 heterocycles. The van der Waals surface area contributed by atoms with Gasteiger partial charge in [0, 0.05) is 10.2 Å². The van der Waals surface area contributed by atoms with E-state index in [1.165, 1.54) is 6.07 Å². The van der Waals surface area contributed by atoms with Crippen LogP contribution in [-0.4, -0.2) is 35.8 Å². The summed E-state index contributed by atoms with van der Waals surface area (Å²) in [6, 6.07) is 9.95. The van der Waals surface area contributed by atoms with Gasteiger partial charge in [-0.25, -0.2) is 9.69 Å². The van der Waals surface area contributed by atoms with Crippen molar-refractivity contribution in [1.82, 2.24) is 4.90 Å². The van der Waals surface area contributed by atoms with Crippen LogP contribution < -0.4 is 10.2 Å². The van der Waals surface area contributed by atoms with Crippen molar-refractivity contribution < 1.29 is 27.6 Å². The first-order chi connectivity index (χ1) is 13.1. The Morgan fingerprint density at radius 1 is 1.11 bits per heavy atom. The molecule has 1 fully saturated rings. The smallest absolute Gasteiger partial charge is 0.325 e. The number of halogens is 4. The van der Waals surface area contributed by atoms with Crippen LogP contribution in [0.4, 0.5) is 29.3 Å². The van der Waals surface area contributed by atoms with Crippen molar-refractivity contribution in [2.75, 3.05) is 23.3 Å². The van der Waals surface area contributed by atoms with Crippen LogP contribution in [0.3, 0.4) is 0 Å². The van der Waals surface area contributed by atoms with Crippen LogP contribution in [0.25, 0.3) is 0 Å². The summed E-state index contributed by atoms with van der Waals surface area (Å²) in [5.41, 5.74) is -0.597. The molecule has 0 aliphatic carbocycles. The Balaban J connectivity index is 1.67. The second-order valence-electron chi connectivity index (χ2n) is 5.97. The van der Waals surface area contributed by atoms with E-state index in [0.29, 0.717) is 5.69 Å². The van der Waals surface area contributed by atoms with Crippen molar-refractivity contribution >= 4 is 45.2 Å². The van der Waals surface area contributed by atoms with E-state index in [4.69, 9.17) is 0 Å². The molecule has 28 heavy (non-hydrogen) atoms. The number of alkyl halides is 3. The van der Waals surface area contributed by atoms with Gasteiger partial charge >= 0.3 is 12.2 Å². The Labute approximate surface area is 166 Å². The van der Waals surface area contributed by atoms with E-state index >= 15 is 0 Å². The topological polar surface area (TPSA) is 69.7 Å². The summed E-state index contributed by atoms with van der Waals surface area (Å²) in [6.45, 7) is -0.765. The minimum atomic E-state index is -4.54. The molecule has 0 saturated carbocycles. The predicted octanol–water partition coefficient (Wildman–Crippen LogP) is 3.88. The molecule has 6 nitrogen and oxygen atoms in total. The number of nitrogens with zero attached hydrogens (tertiary/aromatic N) is 2. The third-order valence-corrected chi connectivity index (χ3v) is 4.46. The second kappa shape index (κ2) is 7.63. The third-order valence-electron chi connectivity index (χ3n) is 3.93. The number of urea groups is 1. The van der Waals surface area contributed by atoms with Gasteiger partial charge in [-0.3, -0.25) is 9.59 Å². The summed E-state index contributed by atoms with van der Waals surface area (Å²) in [7, 11) is 0. The lowest BCUT2D eigenvalue weighted by molar-refractivity contribution is -0.137. The fraction of sp³-hybridized carbons (Fsp3) is 0.167. The molecule has 0 aromatic heterocycles. The standard InChI is InChI=1S/C18H13BrF3N3O3/c19-12-4-6-14(7-5-12)25-16(27)10-24(17(25)28)9-15(26)23-13-3-1-2-11(8-13)18(20,21)22/h1-8H,9-10H2,(H,23,26). The van der Waals surface area contributed by atoms with Crippen LogP contribution in [0.15, 0.2) is 53.0 Å². The Morgan fingerprint density at radius 3 is 2.43 bits per heavy atom. The van der Waals surface area contributed by atoms with Gasteiger partial charge in [-0.1, -0.05) is 22.0 Å². The Morgan fingerprint density at radius 2 is 1.79 bits per heavy atom. The van der Waals surface area contributed by atoms with Crippen molar-refractivity contribution in [1.29, 1.82) is 0 Å². The Hall–Kier alpha value is -2.88. The van der Waals surface area contributed by atoms with Gasteiger partial charge in [-0.2, -0.15) is 13.2 Å². The quantitative estimate of drug-likeness (QED) is 0.711. The van der Waals surface area contributed by atoms with Gasteiger partial charge in [0.15, 0.2) is 0 Å². The molecule has 2 aromatic carbocycles. The number of anilines is 2. The molecule has 146 valence electrons. The minimum Gasteiger partial charge on any atom is -0.325 e. The minimum absolute atomic E-state index is 0.0532. The van der Waals surface area contributed by atoms with E-state index in [1.807, 2.05) is 0 Å². The van der Waals surface area contributed by atoms with E-state index < -0.39 is 36.1 Å². The van der Waals surface area contributed by atoms with Crippen molar-refractivity contribution in [3.63, 3.8) is 0 Å². The zero-order chi connectivity index (χ0) is 20.5. The third kappa shape index (κ3) is 4.33. The highest BCUT2D eigenvalue weighted by Gasteiger charge is 2.38. The van der Waals surface area contributed by atoms with Crippen LogP contribution >= 0.6 is 15.9 Å². The van der Waals surface area contributed by atoms with Crippen LogP contribution in [0.5, 0.6) is 0 Å². The van der Waals surface area contributed by atoms with E-state index in [9.17, 15) is 27.6 Å². The van der Waals surface area contributed by atoms with E-state index in [1.54, 1.807) is 24.3 Å². The number of amides is 4. The van der Waals surface area contributed by atoms with Gasteiger partial charge in [-0.05, 0) is 42.5 Å². The average Bonchev–Trinajstić information content (AvgIpc) is 2.89. The van der Waals surface area contributed by atoms with Crippen molar-refractivity contribution in [2.24, 2.45) is 0 Å². The van der Waals surface area contributed by atoms with Crippen LogP contribution in [0, 0.1) is 0 Å². The first kappa shape index (κ1) is 19.9. The lowest BCUT2D eigenvalue weighted by atomic mass is 10.2. The van der Waals surface area contributed by atoms with Crippen molar-refractivity contribution in [3.05, 3.63) is 58.6 Å². The number of imide groups is 1. The van der Waals surface area contributed by atoms with Gasteiger partial charge in [0.1, 0.15) is 13.1 Å². The van der Waals surface area contributed by atoms with Gasteiger partial charge in [0.2, 0.25) is 5.91 Å². The number of carbonyl (C=O) groups excluding carboxylic acids is 3. The summed E-state index contributed by atoms with van der Waals surface area (Å²) >= 11 is 3.26. The average molecular weight is 456 g/mol. The summed E-state index contributed by atoms with van der Waals surface area (Å²) < 4.78 is 39.0. The predicted molar refractivity (Wildman–Crippen MR) is 98.7 cm³/mol. The number of rotatable bonds is 4. The van der Waals surface area contributed by atoms with Crippen molar-refractivity contribution in [2.45, 2.75) is 6.18 Å². The summed E-state index contributed by atoms with van der Waals surface area (Å²) in [5, 5.41) is 2.31. The number of carbonyl (C=O) groups is 3. The fourth-order valence-electron chi connectivity index (χ4n) is 2.66. The van der Waals surface area contributed by atoms with E-state index in [0.717, 1.165) is 32.5 Å². The second-order valence-corrected chi connectivity index (χ2v) is 6.89. The van der Waals surface area contributed by atoms with Crippen molar-refractivity contribution in [3.8, 4) is 0 Å². The van der Waals surface area contributed by atoms with Crippen LogP contribution in [0.1, 0.15) is 5.56 Å². The molecule has 10 heteroatoms. The van der Waals surface area contributed by atoms with Gasteiger partial charge in [0.05, 0.1) is 11.3 Å². The molecule has 2 aromatic rings. The monoisotopic (exact) mass is 455 g/mol. The molecule has 1 N–H and O–H groups in total. The molecule has 0 bridgehead atoms. The highest BCUT2D eigenvalue weighted by Crippen LogP contribution is 2.30. The molecule has 1 saturated heterocycles. The summed E-state index contributed by atoms with van der Waals surface area (Å²) in [4.78, 5) is 38.8. The molecular formula is C18H13BrF3N3O3. The molecule has 1 aliphatic heterocycles. The highest BCUT2D eigenvalue weighted by molar-refractivity contribution is 9.10. The number of benzene rings is 2. The molecule has 0 radical (unpaired) electrons. The largest absolute Gasteiger partial charge is 0.416 e. The SMILES string of the molecule is O=C(CN1CC(=O)N(c2ccc(Br)cc2)C1=O)Nc1cccc(C(F)(F)F)c1. The van der Waals surface area contributed by atoms with E-state index in [-0.39, 0.29) is 12.2 Å². The molecular weight excluding hydrogens is 443 g/mol. The first-order valence-corrected chi connectivity index (χ1v) is 8.79. The van der Waals surface area contributed by atoms with Gasteiger partial charge in [-0.15, -0.1) is 0 Å². The molecule has 3 rings (SSSR count). The Bertz CT molecular complexity index is 932. The van der Waals surface area contributed by atoms with Crippen LogP contribution in [-0.2, 0) is 15.8 Å². The maximum Gasteiger partial charge on any atom is 0.416 e. The van der Waals surface area contributed by atoms with Gasteiger partial charge in [0.25, 0.3) is 5.91 Å². The first-order valence-electron chi connectivity index (χ1n) is 8.00. The fourth-order valence-corrected chi connectivity index (χ4v) is 2.93. The van der Waals surface area contributed by atoms with Gasteiger partial charge < -0.3 is 10.2 Å². The molecule has 0 spiro atoms. The molecule has 0 atom stereocenters. The summed E-state index contributed by atoms with van der Waals surface area (Å²) in [5.74, 6) is -1.21. The number of hydrogen-bond acceptors (Lipinski definition) is 3. The normalized spacial score (nSPS) is 14.6. The Kier molecular flexibility index (Phi) is 5.41. The molecule has 4 amide bonds. The maximum atomic E-state index is 12.7. The lowest BCUT2D eigenvalue weighted by Crippen LogP contribution is -2.37. The zero-order valence-electron chi connectivity index (χ0n) is 14.2. The number of hydrogen-bond donors (Lipinski definition) is 1. The molecule has 0 unspecified atom stereocenters. The zero-order valence-corrected chi connectivity index (χ0v) is 15.8. The number of nitrogens with one attached hydrogen (secondary N) is 1. The lowest BCUT2D eigenvalue weighted by Gasteiger charge is -2.17. The van der Waals surface area contributed by atoms with E-state index in [2.05, 4.69) is 21.2 Å². The molecule has 1 aliphatic rings.